The molecule has 1 aromatic rings. The van der Waals surface area contributed by atoms with E-state index in [0.29, 0.717) is 18.4 Å². The van der Waals surface area contributed by atoms with Gasteiger partial charge in [-0.05, 0) is 24.5 Å². The highest BCUT2D eigenvalue weighted by molar-refractivity contribution is 5.84. The fourth-order valence-electron chi connectivity index (χ4n) is 4.12. The third-order valence-electron chi connectivity index (χ3n) is 5.86. The van der Waals surface area contributed by atoms with E-state index in [4.69, 9.17) is 0 Å². The number of hydrogen-bond donors (Lipinski definition) is 2. The molecule has 0 aliphatic heterocycles. The van der Waals surface area contributed by atoms with E-state index in [1.807, 2.05) is 0 Å². The third-order valence-corrected chi connectivity index (χ3v) is 5.86. The van der Waals surface area contributed by atoms with Gasteiger partial charge in [-0.2, -0.15) is 13.2 Å². The Morgan fingerprint density at radius 3 is 2.66 bits per heavy atom. The fourth-order valence-corrected chi connectivity index (χ4v) is 4.12. The monoisotopic (exact) mass is 456 g/mol. The van der Waals surface area contributed by atoms with Gasteiger partial charge in [-0.3, -0.25) is 9.59 Å². The summed E-state index contributed by atoms with van der Waals surface area (Å²) in [5.41, 5.74) is -0.418. The first-order valence-electron chi connectivity index (χ1n) is 10.9. The minimum atomic E-state index is -4.45. The van der Waals surface area contributed by atoms with E-state index in [1.165, 1.54) is 25.3 Å². The van der Waals surface area contributed by atoms with Crippen molar-refractivity contribution in [1.29, 1.82) is 0 Å². The van der Waals surface area contributed by atoms with Crippen molar-refractivity contribution in [3.05, 3.63) is 47.5 Å². The molecule has 1 aromatic carbocycles. The SMILES string of the molecule is COC(=O)CCCCCC[C@H]1C(=O)C[C@@H](O)[C@@H]1/C=C/[C@@H](O)Cc1cccc(C(F)(F)F)c1. The number of unbranched alkanes of at least 4 members (excludes halogenated alkanes) is 3. The van der Waals surface area contributed by atoms with E-state index in [-0.39, 0.29) is 30.5 Å². The summed E-state index contributed by atoms with van der Waals surface area (Å²) in [6.07, 6.45) is 1.00. The molecule has 2 N–H and O–H groups in total. The van der Waals surface area contributed by atoms with Crippen molar-refractivity contribution >= 4 is 11.8 Å². The van der Waals surface area contributed by atoms with Gasteiger partial charge in [0.25, 0.3) is 0 Å². The topological polar surface area (TPSA) is 83.8 Å². The zero-order chi connectivity index (χ0) is 23.7. The van der Waals surface area contributed by atoms with Gasteiger partial charge in [-0.15, -0.1) is 0 Å². The number of methoxy groups -OCH3 is 1. The molecule has 1 aliphatic carbocycles. The van der Waals surface area contributed by atoms with Crippen LogP contribution in [0.1, 0.15) is 56.1 Å². The number of ether oxygens (including phenoxy) is 1. The first-order valence-corrected chi connectivity index (χ1v) is 10.9. The van der Waals surface area contributed by atoms with Crippen molar-refractivity contribution in [1.82, 2.24) is 0 Å². The van der Waals surface area contributed by atoms with Gasteiger partial charge < -0.3 is 14.9 Å². The highest BCUT2D eigenvalue weighted by atomic mass is 19.4. The number of esters is 1. The summed E-state index contributed by atoms with van der Waals surface area (Å²) in [5, 5.41) is 20.5. The standard InChI is InChI=1S/C24H31F3O5/c1-32-23(31)10-5-3-2-4-9-19-20(22(30)15-21(19)29)12-11-18(28)14-16-7-6-8-17(13-16)24(25,26)27/h6-8,11-13,18-20,22,28,30H,2-5,9-10,14-15H2,1H3/b12-11+/t18-,19-,20-,22-/m1/s1. The van der Waals surface area contributed by atoms with Crippen LogP contribution in [-0.2, 0) is 26.9 Å². The van der Waals surface area contributed by atoms with Gasteiger partial charge in [0.05, 0.1) is 24.9 Å². The quantitative estimate of drug-likeness (QED) is 0.296. The summed E-state index contributed by atoms with van der Waals surface area (Å²) in [4.78, 5) is 23.4. The molecule has 178 valence electrons. The molecule has 0 radical (unpaired) electrons. The number of carbonyl (C=O) groups is 2. The van der Waals surface area contributed by atoms with E-state index >= 15 is 0 Å². The summed E-state index contributed by atoms with van der Waals surface area (Å²) in [6, 6.07) is 4.80. The number of aliphatic hydroxyl groups is 2. The molecule has 0 spiro atoms. The average Bonchev–Trinajstić information content (AvgIpc) is 3.00. The molecule has 0 aromatic heterocycles. The maximum Gasteiger partial charge on any atom is 0.416 e. The first-order chi connectivity index (χ1) is 15.1. The first kappa shape index (κ1) is 26.1. The van der Waals surface area contributed by atoms with Crippen LogP contribution in [0.25, 0.3) is 0 Å². The van der Waals surface area contributed by atoms with Crippen LogP contribution in [0.3, 0.4) is 0 Å². The Kier molecular flexibility index (Phi) is 9.90. The summed E-state index contributed by atoms with van der Waals surface area (Å²) in [7, 11) is 1.35. The van der Waals surface area contributed by atoms with Crippen molar-refractivity contribution in [3.8, 4) is 0 Å². The molecule has 32 heavy (non-hydrogen) atoms. The van der Waals surface area contributed by atoms with Crippen LogP contribution in [0, 0.1) is 11.8 Å². The Hall–Kier alpha value is -2.19. The molecule has 5 nitrogen and oxygen atoms in total. The third kappa shape index (κ3) is 8.06. The minimum Gasteiger partial charge on any atom is -0.469 e. The predicted octanol–water partition coefficient (Wildman–Crippen LogP) is 4.24. The van der Waals surface area contributed by atoms with E-state index < -0.39 is 29.9 Å². The highest BCUT2D eigenvalue weighted by Crippen LogP contribution is 2.34. The Morgan fingerprint density at radius 1 is 1.25 bits per heavy atom. The molecule has 1 aliphatic rings. The Labute approximate surface area is 186 Å². The van der Waals surface area contributed by atoms with Crippen LogP contribution in [0.2, 0.25) is 0 Å². The molecule has 2 rings (SSSR count). The number of hydrogen-bond acceptors (Lipinski definition) is 5. The van der Waals surface area contributed by atoms with E-state index in [2.05, 4.69) is 4.74 Å². The van der Waals surface area contributed by atoms with Gasteiger partial charge in [-0.1, -0.05) is 49.6 Å². The van der Waals surface area contributed by atoms with Gasteiger partial charge in [-0.25, -0.2) is 0 Å². The van der Waals surface area contributed by atoms with Crippen molar-refractivity contribution in [2.24, 2.45) is 11.8 Å². The van der Waals surface area contributed by atoms with Gasteiger partial charge in [0.2, 0.25) is 0 Å². The van der Waals surface area contributed by atoms with Gasteiger partial charge >= 0.3 is 12.1 Å². The van der Waals surface area contributed by atoms with Crippen molar-refractivity contribution < 1.29 is 37.7 Å². The summed E-state index contributed by atoms with van der Waals surface area (Å²) < 4.78 is 43.1. The molecular weight excluding hydrogens is 425 g/mol. The number of benzene rings is 1. The molecule has 8 heteroatoms. The zero-order valence-electron chi connectivity index (χ0n) is 18.2. The zero-order valence-corrected chi connectivity index (χ0v) is 18.2. The molecular formula is C24H31F3O5. The van der Waals surface area contributed by atoms with Crippen LogP contribution in [0.15, 0.2) is 36.4 Å². The Balaban J connectivity index is 1.87. The largest absolute Gasteiger partial charge is 0.469 e. The number of halogens is 3. The Morgan fingerprint density at radius 2 is 1.97 bits per heavy atom. The van der Waals surface area contributed by atoms with Crippen LogP contribution >= 0.6 is 0 Å². The number of Topliss-reactive ketones (excluding diaryl/α,β-unsaturated/α-hetero) is 1. The molecule has 1 fully saturated rings. The number of rotatable bonds is 11. The summed E-state index contributed by atoms with van der Waals surface area (Å²) >= 11 is 0. The molecule has 0 unspecified atom stereocenters. The number of aliphatic hydroxyl groups excluding tert-OH is 2. The lowest BCUT2D eigenvalue weighted by Crippen LogP contribution is -2.19. The van der Waals surface area contributed by atoms with Crippen molar-refractivity contribution in [2.45, 2.75) is 69.8 Å². The van der Waals surface area contributed by atoms with E-state index in [0.717, 1.165) is 37.8 Å². The lowest BCUT2D eigenvalue weighted by molar-refractivity contribution is -0.140. The van der Waals surface area contributed by atoms with Gasteiger partial charge in [0.1, 0.15) is 5.78 Å². The second kappa shape index (κ2) is 12.2. The highest BCUT2D eigenvalue weighted by Gasteiger charge is 2.39. The van der Waals surface area contributed by atoms with Crippen LogP contribution in [0.5, 0.6) is 0 Å². The predicted molar refractivity (Wildman–Crippen MR) is 113 cm³/mol. The van der Waals surface area contributed by atoms with Gasteiger partial charge in [0.15, 0.2) is 0 Å². The van der Waals surface area contributed by atoms with Crippen molar-refractivity contribution in [2.75, 3.05) is 7.11 Å². The van der Waals surface area contributed by atoms with Crippen molar-refractivity contribution in [3.63, 3.8) is 0 Å². The molecule has 0 heterocycles. The maximum atomic E-state index is 12.8. The number of alkyl halides is 3. The van der Waals surface area contributed by atoms with Gasteiger partial charge in [0, 0.05) is 31.1 Å². The molecule has 0 bridgehead atoms. The van der Waals surface area contributed by atoms with Crippen LogP contribution in [-0.4, -0.2) is 41.3 Å². The minimum absolute atomic E-state index is 0.00203. The van der Waals surface area contributed by atoms with Crippen LogP contribution < -0.4 is 0 Å². The number of carbonyl (C=O) groups excluding carboxylic acids is 2. The molecule has 0 saturated heterocycles. The average molecular weight is 457 g/mol. The smallest absolute Gasteiger partial charge is 0.416 e. The Bertz CT molecular complexity index is 790. The normalized spacial score (nSPS) is 22.4. The second-order valence-corrected chi connectivity index (χ2v) is 8.31. The van der Waals surface area contributed by atoms with E-state index in [1.54, 1.807) is 6.08 Å². The van der Waals surface area contributed by atoms with Crippen LogP contribution in [0.4, 0.5) is 13.2 Å². The number of ketones is 1. The fraction of sp³-hybridized carbons (Fsp3) is 0.583. The summed E-state index contributed by atoms with van der Waals surface area (Å²) in [5.74, 6) is -1.03. The lowest BCUT2D eigenvalue weighted by atomic mass is 9.88. The van der Waals surface area contributed by atoms with E-state index in [9.17, 15) is 33.0 Å². The molecule has 0 amide bonds. The lowest BCUT2D eigenvalue weighted by Gasteiger charge is -2.18. The second-order valence-electron chi connectivity index (χ2n) is 8.31. The molecule has 4 atom stereocenters. The summed E-state index contributed by atoms with van der Waals surface area (Å²) in [6.45, 7) is 0. The molecule has 1 saturated carbocycles. The maximum absolute atomic E-state index is 12.8.